The number of phenols is 2. The molecule has 2 aromatic rings. The predicted molar refractivity (Wildman–Crippen MR) is 57.4 cm³/mol. The number of hydrogen-bond donors (Lipinski definition) is 2. The molecule has 2 heteroatoms. The lowest BCUT2D eigenvalue weighted by atomic mass is 10.0. The van der Waals surface area contributed by atoms with Gasteiger partial charge in [0.05, 0.1) is 0 Å². The second-order valence-electron chi connectivity index (χ2n) is 3.08. The molecule has 0 aliphatic heterocycles. The first-order valence-electron chi connectivity index (χ1n) is 4.30. The maximum Gasteiger partial charge on any atom is 0.165 e. The molecule has 70 valence electrons. The molecule has 0 fully saturated rings. The van der Waals surface area contributed by atoms with E-state index in [2.05, 4.69) is 6.58 Å². The van der Waals surface area contributed by atoms with E-state index in [1.165, 1.54) is 6.07 Å². The lowest BCUT2D eigenvalue weighted by Gasteiger charge is -2.05. The summed E-state index contributed by atoms with van der Waals surface area (Å²) in [6, 6.07) is 8.73. The van der Waals surface area contributed by atoms with Gasteiger partial charge < -0.3 is 10.2 Å². The van der Waals surface area contributed by atoms with Gasteiger partial charge in [0.2, 0.25) is 0 Å². The fourth-order valence-corrected chi connectivity index (χ4v) is 1.53. The third kappa shape index (κ3) is 1.12. The number of aromatic hydroxyl groups is 2. The van der Waals surface area contributed by atoms with Crippen molar-refractivity contribution < 1.29 is 10.2 Å². The second kappa shape index (κ2) is 3.07. The molecule has 0 aromatic heterocycles. The molecule has 0 heterocycles. The van der Waals surface area contributed by atoms with Crippen LogP contribution in [0.1, 0.15) is 5.56 Å². The topological polar surface area (TPSA) is 40.5 Å². The number of fused-ring (bicyclic) bond motifs is 1. The fraction of sp³-hybridized carbons (Fsp3) is 0. The van der Waals surface area contributed by atoms with Gasteiger partial charge in [-0.2, -0.15) is 0 Å². The van der Waals surface area contributed by atoms with E-state index < -0.39 is 0 Å². The summed E-state index contributed by atoms with van der Waals surface area (Å²) in [5, 5.41) is 20.4. The van der Waals surface area contributed by atoms with Crippen LogP contribution in [-0.4, -0.2) is 10.2 Å². The van der Waals surface area contributed by atoms with E-state index in [9.17, 15) is 10.2 Å². The highest BCUT2D eigenvalue weighted by Crippen LogP contribution is 2.34. The molecule has 0 unspecified atom stereocenters. The average Bonchev–Trinajstić information content (AvgIpc) is 2.23. The largest absolute Gasteiger partial charge is 0.504 e. The van der Waals surface area contributed by atoms with Crippen LogP contribution in [0.25, 0.3) is 16.8 Å². The van der Waals surface area contributed by atoms with Gasteiger partial charge in [0.1, 0.15) is 0 Å². The molecular weight excluding hydrogens is 176 g/mol. The summed E-state index contributed by atoms with van der Waals surface area (Å²) in [7, 11) is 0. The van der Waals surface area contributed by atoms with E-state index in [0.29, 0.717) is 5.39 Å². The van der Waals surface area contributed by atoms with Crippen LogP contribution < -0.4 is 0 Å². The van der Waals surface area contributed by atoms with Crippen LogP contribution in [0.5, 0.6) is 11.5 Å². The Labute approximate surface area is 81.7 Å². The summed E-state index contributed by atoms with van der Waals surface area (Å²) in [5.41, 5.74) is 0.942. The molecule has 0 atom stereocenters. The summed E-state index contributed by atoms with van der Waals surface area (Å²) in [6.45, 7) is 3.69. The fourth-order valence-electron chi connectivity index (χ4n) is 1.53. The summed E-state index contributed by atoms with van der Waals surface area (Å²) in [6.07, 6.45) is 1.72. The molecule has 2 aromatic carbocycles. The van der Waals surface area contributed by atoms with E-state index in [4.69, 9.17) is 0 Å². The highest BCUT2D eigenvalue weighted by atomic mass is 16.3. The molecule has 2 N–H and O–H groups in total. The minimum atomic E-state index is -0.0984. The van der Waals surface area contributed by atoms with E-state index in [-0.39, 0.29) is 11.5 Å². The SMILES string of the molecule is C=Cc1cccc2c(O)c(O)ccc12. The Morgan fingerprint density at radius 2 is 1.79 bits per heavy atom. The summed E-state index contributed by atoms with van der Waals surface area (Å²) in [4.78, 5) is 0. The van der Waals surface area contributed by atoms with E-state index in [0.717, 1.165) is 10.9 Å². The lowest BCUT2D eigenvalue weighted by Crippen LogP contribution is -1.79. The minimum absolute atomic E-state index is 0.0776. The Morgan fingerprint density at radius 3 is 2.50 bits per heavy atom. The van der Waals surface area contributed by atoms with Gasteiger partial charge in [-0.25, -0.2) is 0 Å². The Hall–Kier alpha value is -1.96. The van der Waals surface area contributed by atoms with Crippen molar-refractivity contribution >= 4 is 16.8 Å². The standard InChI is InChI=1S/C12H10O2/c1-2-8-4-3-5-10-9(8)6-7-11(13)12(10)14/h2-7,13-14H,1H2. The first kappa shape index (κ1) is 8.63. The number of hydrogen-bond acceptors (Lipinski definition) is 2. The monoisotopic (exact) mass is 186 g/mol. The van der Waals surface area contributed by atoms with Crippen molar-refractivity contribution in [3.8, 4) is 11.5 Å². The van der Waals surface area contributed by atoms with Gasteiger partial charge in [0.15, 0.2) is 11.5 Å². The van der Waals surface area contributed by atoms with E-state index in [1.807, 2.05) is 12.1 Å². The maximum atomic E-state index is 9.59. The highest BCUT2D eigenvalue weighted by Gasteiger charge is 2.05. The average molecular weight is 186 g/mol. The van der Waals surface area contributed by atoms with Crippen molar-refractivity contribution in [1.29, 1.82) is 0 Å². The molecule has 0 saturated carbocycles. The van der Waals surface area contributed by atoms with E-state index >= 15 is 0 Å². The zero-order chi connectivity index (χ0) is 10.1. The van der Waals surface area contributed by atoms with Crippen molar-refractivity contribution in [2.45, 2.75) is 0 Å². The van der Waals surface area contributed by atoms with Crippen LogP contribution in [0, 0.1) is 0 Å². The number of rotatable bonds is 1. The van der Waals surface area contributed by atoms with Crippen molar-refractivity contribution in [1.82, 2.24) is 0 Å². The first-order valence-corrected chi connectivity index (χ1v) is 4.30. The molecule has 0 aliphatic rings. The summed E-state index contributed by atoms with van der Waals surface area (Å²) in [5.74, 6) is -0.176. The molecule has 0 spiro atoms. The second-order valence-corrected chi connectivity index (χ2v) is 3.08. The van der Waals surface area contributed by atoms with Gasteiger partial charge in [-0.1, -0.05) is 30.9 Å². The molecule has 0 radical (unpaired) electrons. The smallest absolute Gasteiger partial charge is 0.165 e. The zero-order valence-electron chi connectivity index (χ0n) is 7.57. The van der Waals surface area contributed by atoms with Gasteiger partial charge in [-0.3, -0.25) is 0 Å². The van der Waals surface area contributed by atoms with Gasteiger partial charge in [0.25, 0.3) is 0 Å². The summed E-state index contributed by atoms with van der Waals surface area (Å²) >= 11 is 0. The summed E-state index contributed by atoms with van der Waals surface area (Å²) < 4.78 is 0. The van der Waals surface area contributed by atoms with E-state index in [1.54, 1.807) is 18.2 Å². The Balaban J connectivity index is 2.92. The van der Waals surface area contributed by atoms with Crippen molar-refractivity contribution in [2.75, 3.05) is 0 Å². The lowest BCUT2D eigenvalue weighted by molar-refractivity contribution is 0.408. The van der Waals surface area contributed by atoms with Crippen LogP contribution in [-0.2, 0) is 0 Å². The van der Waals surface area contributed by atoms with Gasteiger partial charge in [-0.15, -0.1) is 0 Å². The molecule has 0 saturated heterocycles. The number of benzene rings is 2. The predicted octanol–water partition coefficient (Wildman–Crippen LogP) is 2.89. The quantitative estimate of drug-likeness (QED) is 0.672. The molecule has 0 aliphatic carbocycles. The van der Waals surface area contributed by atoms with Gasteiger partial charge in [-0.05, 0) is 23.1 Å². The molecule has 0 bridgehead atoms. The first-order chi connectivity index (χ1) is 6.74. The van der Waals surface area contributed by atoms with Crippen LogP contribution in [0.2, 0.25) is 0 Å². The van der Waals surface area contributed by atoms with Crippen molar-refractivity contribution in [2.24, 2.45) is 0 Å². The molecule has 14 heavy (non-hydrogen) atoms. The zero-order valence-corrected chi connectivity index (χ0v) is 7.57. The van der Waals surface area contributed by atoms with Crippen LogP contribution >= 0.6 is 0 Å². The van der Waals surface area contributed by atoms with Crippen LogP contribution in [0.4, 0.5) is 0 Å². The molecule has 2 rings (SSSR count). The van der Waals surface area contributed by atoms with Crippen molar-refractivity contribution in [3.63, 3.8) is 0 Å². The molecular formula is C12H10O2. The molecule has 0 amide bonds. The molecule has 2 nitrogen and oxygen atoms in total. The van der Waals surface area contributed by atoms with Gasteiger partial charge in [0, 0.05) is 5.39 Å². The van der Waals surface area contributed by atoms with Crippen LogP contribution in [0.3, 0.4) is 0 Å². The Kier molecular flexibility index (Phi) is 1.89. The minimum Gasteiger partial charge on any atom is -0.504 e. The Morgan fingerprint density at radius 1 is 1.00 bits per heavy atom. The van der Waals surface area contributed by atoms with Crippen LogP contribution in [0.15, 0.2) is 36.9 Å². The number of phenolic OH excluding ortho intramolecular Hbond substituents is 2. The Bertz CT molecular complexity index is 501. The van der Waals surface area contributed by atoms with Gasteiger partial charge >= 0.3 is 0 Å². The third-order valence-corrected chi connectivity index (χ3v) is 2.27. The highest BCUT2D eigenvalue weighted by molar-refractivity contribution is 5.95. The normalized spacial score (nSPS) is 10.3. The maximum absolute atomic E-state index is 9.59. The van der Waals surface area contributed by atoms with Crippen molar-refractivity contribution in [3.05, 3.63) is 42.5 Å². The third-order valence-electron chi connectivity index (χ3n) is 2.27.